The van der Waals surface area contributed by atoms with E-state index in [2.05, 4.69) is 4.74 Å². The van der Waals surface area contributed by atoms with Gasteiger partial charge in [0.25, 0.3) is 0 Å². The van der Waals surface area contributed by atoms with Gasteiger partial charge in [0.1, 0.15) is 47.0 Å². The zero-order valence-electron chi connectivity index (χ0n) is 45.3. The molecule has 21 nitrogen and oxygen atoms in total. The number of esters is 1. The number of methoxy groups -OCH3 is 2. The maximum Gasteiger partial charge on any atom is 0.311 e. The molecule has 0 aliphatic carbocycles. The molecule has 0 spiro atoms. The van der Waals surface area contributed by atoms with E-state index in [0.717, 1.165) is 12.1 Å². The highest BCUT2D eigenvalue weighted by atomic mass is 32.2. The number of halogens is 4. The third-order valence-electron chi connectivity index (χ3n) is 14.3. The van der Waals surface area contributed by atoms with Crippen LogP contribution in [0.4, 0.5) is 28.9 Å². The minimum atomic E-state index is -5.41. The lowest BCUT2D eigenvalue weighted by Crippen LogP contribution is -2.32. The van der Waals surface area contributed by atoms with E-state index in [-0.39, 0.29) is 105 Å². The van der Waals surface area contributed by atoms with Crippen molar-refractivity contribution in [2.24, 2.45) is 0 Å². The summed E-state index contributed by atoms with van der Waals surface area (Å²) in [6.07, 6.45) is 5.08. The first kappa shape index (κ1) is 64.8. The molecule has 0 radical (unpaired) electrons. The Bertz CT molecular complexity index is 3890. The molecule has 0 amide bonds. The van der Waals surface area contributed by atoms with E-state index in [9.17, 15) is 74.2 Å². The van der Waals surface area contributed by atoms with Crippen molar-refractivity contribution in [3.8, 4) is 5.75 Å². The van der Waals surface area contributed by atoms with Crippen molar-refractivity contribution in [2.75, 3.05) is 85.1 Å². The third-order valence-corrected chi connectivity index (χ3v) is 17.6. The number of hydrogen-bond donors (Lipinski definition) is 0. The smallest absolute Gasteiger partial charge is 0.311 e. The average Bonchev–Trinajstić information content (AvgIpc) is 1.70. The number of rotatable bonds is 28. The van der Waals surface area contributed by atoms with Gasteiger partial charge in [0.15, 0.2) is 17.3 Å². The molecule has 29 heteroatoms. The molecule has 0 saturated heterocycles. The first-order valence-electron chi connectivity index (χ1n) is 25.5. The molecule has 2 heterocycles. The Hall–Kier alpha value is -5.80. The minimum Gasteiger partial charge on any atom is -0.744 e. The minimum absolute atomic E-state index is 0.00299. The summed E-state index contributed by atoms with van der Waals surface area (Å²) in [6.45, 7) is 7.04. The van der Waals surface area contributed by atoms with Crippen molar-refractivity contribution in [1.29, 1.82) is 0 Å². The molecular formula is C54H57F4N2O19S4-3. The number of unbranched alkanes of at least 4 members (excludes halogenated alkanes) is 2. The second-order valence-corrected chi connectivity index (χ2v) is 25.4. The third kappa shape index (κ3) is 14.1. The largest absolute Gasteiger partial charge is 0.744 e. The number of ether oxygens (including phenoxy) is 6. The highest BCUT2D eigenvalue weighted by Crippen LogP contribution is 2.54. The number of benzene rings is 5. The van der Waals surface area contributed by atoms with E-state index >= 15 is 0 Å². The van der Waals surface area contributed by atoms with Crippen LogP contribution in [0, 0.1) is 23.3 Å². The Morgan fingerprint density at radius 2 is 1.13 bits per heavy atom. The fourth-order valence-electron chi connectivity index (χ4n) is 10.5. The Kier molecular flexibility index (Phi) is 20.1. The summed E-state index contributed by atoms with van der Waals surface area (Å²) >= 11 is 0. The Labute approximate surface area is 477 Å². The van der Waals surface area contributed by atoms with Crippen molar-refractivity contribution in [2.45, 2.75) is 83.3 Å². The van der Waals surface area contributed by atoms with Crippen LogP contribution in [-0.2, 0) is 79.8 Å². The van der Waals surface area contributed by atoms with E-state index in [1.54, 1.807) is 49.6 Å². The number of carbonyl (C=O) groups is 1. The number of anilines is 1. The monoisotopic (exact) mass is 1240 g/mol. The summed E-state index contributed by atoms with van der Waals surface area (Å²) in [5.74, 6) is -10.2. The second kappa shape index (κ2) is 25.8. The first-order valence-corrected chi connectivity index (χ1v) is 31.1. The van der Waals surface area contributed by atoms with Crippen LogP contribution in [0.5, 0.6) is 5.75 Å². The van der Waals surface area contributed by atoms with E-state index in [1.807, 2.05) is 4.90 Å². The lowest BCUT2D eigenvalue weighted by atomic mass is 9.76. The maximum atomic E-state index is 14.3. The van der Waals surface area contributed by atoms with Crippen LogP contribution in [0.15, 0.2) is 98.1 Å². The molecule has 0 bridgehead atoms. The van der Waals surface area contributed by atoms with E-state index in [4.69, 9.17) is 23.7 Å². The highest BCUT2D eigenvalue weighted by Gasteiger charge is 2.47. The summed E-state index contributed by atoms with van der Waals surface area (Å²) in [7, 11) is -18.6. The van der Waals surface area contributed by atoms with Gasteiger partial charge < -0.3 is 51.5 Å². The summed E-state index contributed by atoms with van der Waals surface area (Å²) in [5, 5.41) is -0.484. The van der Waals surface area contributed by atoms with E-state index < -0.39 is 112 Å². The molecule has 83 heavy (non-hydrogen) atoms. The summed E-state index contributed by atoms with van der Waals surface area (Å²) in [4.78, 5) is 10.6. The van der Waals surface area contributed by atoms with Gasteiger partial charge in [-0.05, 0) is 104 Å². The Morgan fingerprint density at radius 1 is 0.614 bits per heavy atom. The Morgan fingerprint density at radius 3 is 1.66 bits per heavy atom. The van der Waals surface area contributed by atoms with Crippen LogP contribution in [0.25, 0.3) is 21.5 Å². The fourth-order valence-corrected chi connectivity index (χ4v) is 13.1. The molecule has 2 aliphatic rings. The average molecular weight is 1240 g/mol. The Balaban J connectivity index is 1.33. The zero-order valence-corrected chi connectivity index (χ0v) is 48.6. The number of fused-ring (bicyclic) bond motifs is 6. The molecular weight excluding hydrogens is 1180 g/mol. The van der Waals surface area contributed by atoms with Gasteiger partial charge in [-0.3, -0.25) is 4.79 Å². The van der Waals surface area contributed by atoms with Crippen LogP contribution in [0.1, 0.15) is 64.0 Å². The summed E-state index contributed by atoms with van der Waals surface area (Å²) < 4.78 is 242. The summed E-state index contributed by atoms with van der Waals surface area (Å²) in [5.41, 5.74) is -0.225. The lowest BCUT2D eigenvalue weighted by Gasteiger charge is -2.31. The van der Waals surface area contributed by atoms with Gasteiger partial charge in [-0.25, -0.2) is 42.5 Å². The molecule has 0 aromatic heterocycles. The van der Waals surface area contributed by atoms with Crippen molar-refractivity contribution in [3.63, 3.8) is 0 Å². The number of carbonyl (C=O) groups excluding carboxylic acids is 1. The quantitative estimate of drug-likeness (QED) is 0.00961. The first-order chi connectivity index (χ1) is 38.9. The van der Waals surface area contributed by atoms with Crippen molar-refractivity contribution >= 4 is 85.1 Å². The van der Waals surface area contributed by atoms with Gasteiger partial charge in [0.05, 0.1) is 71.2 Å². The molecule has 0 N–H and O–H groups in total. The second-order valence-electron chi connectivity index (χ2n) is 20.0. The topological polar surface area (TPSA) is 308 Å². The van der Waals surface area contributed by atoms with Crippen LogP contribution < -0.4 is 9.64 Å². The lowest BCUT2D eigenvalue weighted by molar-refractivity contribution is -0.438. The zero-order chi connectivity index (χ0) is 61.0. The molecule has 452 valence electrons. The molecule has 0 saturated carbocycles. The number of allylic oxidation sites excluding steroid dienone is 4. The van der Waals surface area contributed by atoms with Gasteiger partial charge in [-0.15, -0.1) is 0 Å². The van der Waals surface area contributed by atoms with Crippen molar-refractivity contribution < 1.29 is 107 Å². The molecule has 1 atom stereocenters. The number of nitrogens with zero attached hydrogens (tertiary/aromatic N) is 2. The van der Waals surface area contributed by atoms with Crippen LogP contribution >= 0.6 is 0 Å². The molecule has 5 aromatic carbocycles. The van der Waals surface area contributed by atoms with Gasteiger partial charge in [-0.2, -0.15) is 13.4 Å². The van der Waals surface area contributed by atoms with Crippen molar-refractivity contribution in [3.05, 3.63) is 113 Å². The molecule has 2 aliphatic heterocycles. The van der Waals surface area contributed by atoms with Crippen LogP contribution in [0.2, 0.25) is 0 Å². The highest BCUT2D eigenvalue weighted by molar-refractivity contribution is 7.87. The molecule has 5 aromatic rings. The number of hydrogen-bond acceptors (Lipinski definition) is 20. The normalized spacial score (nSPS) is 17.0. The molecule has 7 rings (SSSR count). The van der Waals surface area contributed by atoms with Gasteiger partial charge in [0.2, 0.25) is 23.1 Å². The SMILES string of the molecule is COCCOCCOCCOCCC1(C)C(=CC=CC2=[N+](CCCCCC(=O)Oc3c(F)c(F)cc(F)c3F)c3ccc4c(S(=O)(=O)[O-])cc(S(=O)(=O)[O-])cc4c3C2(C)C)N(CCOC)c2ccc3c(S(=O)(=O)[O-])cc(S(=O)(=O)[O-])cc3c21. The van der Waals surface area contributed by atoms with Crippen LogP contribution in [-0.4, -0.2) is 148 Å². The predicted molar refractivity (Wildman–Crippen MR) is 286 cm³/mol. The standard InChI is InChI=1S/C54H60F4N2O19S4/c1-53(2)45(59(18-8-6-7-12-47(61)79-52-50(57)39(55)32-40(56)51(52)58)41-15-13-35-37(48(41)53)28-33(80(62,63)64)30-43(35)82(68,69)70)10-9-11-46-54(3,17-20-76-24-25-78-27-26-77-23-22-75-5)49-38-29-34(81(65,66)67)31-44(83(71,72)73)36(38)14-16-42(49)60(46)19-21-74-4/h9-11,13-16,28-32H,6-8,12,17-27H2,1-5H3,(H3-,62,63,64,65,66,67,68,69,70,71,72,73)/p-3. The van der Waals surface area contributed by atoms with E-state index in [1.165, 1.54) is 32.4 Å². The van der Waals surface area contributed by atoms with Gasteiger partial charge >= 0.3 is 5.97 Å². The van der Waals surface area contributed by atoms with Gasteiger partial charge in [0, 0.05) is 86.2 Å². The van der Waals surface area contributed by atoms with Crippen molar-refractivity contribution in [1.82, 2.24) is 0 Å². The molecule has 1 unspecified atom stereocenters. The predicted octanol–water partition coefficient (Wildman–Crippen LogP) is 6.66. The fraction of sp³-hybridized carbons (Fsp3) is 0.407. The van der Waals surface area contributed by atoms with Crippen LogP contribution in [0.3, 0.4) is 0 Å². The summed E-state index contributed by atoms with van der Waals surface area (Å²) in [6, 6.07) is 8.59. The molecule has 0 fully saturated rings. The van der Waals surface area contributed by atoms with E-state index in [0.29, 0.717) is 60.3 Å². The maximum absolute atomic E-state index is 14.3. The van der Waals surface area contributed by atoms with Gasteiger partial charge in [-0.1, -0.05) is 12.1 Å².